The summed E-state index contributed by atoms with van der Waals surface area (Å²) in [6, 6.07) is 0. The SMILES string of the molecule is C=C(Br)C[C@H](Cl)CC[C@]12O[C@H]3[C@H]4O[C@@H](CC(=O)OC)CC[C@@H]4OC4[C@H]3OC3(OCO[C@H]31)[C@@H]4O2. The zero-order chi connectivity index (χ0) is 23.0. The third-order valence-electron chi connectivity index (χ3n) is 7.62. The lowest BCUT2D eigenvalue weighted by atomic mass is 9.86. The van der Waals surface area contributed by atoms with Crippen molar-refractivity contribution in [3.63, 3.8) is 0 Å². The summed E-state index contributed by atoms with van der Waals surface area (Å²) < 4.78 is 50.3. The minimum atomic E-state index is -1.09. The van der Waals surface area contributed by atoms with E-state index in [2.05, 4.69) is 22.5 Å². The summed E-state index contributed by atoms with van der Waals surface area (Å²) in [6.07, 6.45) is 0.307. The van der Waals surface area contributed by atoms with Gasteiger partial charge in [0.2, 0.25) is 11.6 Å². The highest BCUT2D eigenvalue weighted by atomic mass is 79.9. The summed E-state index contributed by atoms with van der Waals surface area (Å²) in [5.41, 5.74) is 0. The van der Waals surface area contributed by atoms with Crippen LogP contribution in [0.3, 0.4) is 0 Å². The fourth-order valence-electron chi connectivity index (χ4n) is 6.26. The Bertz CT molecular complexity index is 830. The van der Waals surface area contributed by atoms with Gasteiger partial charge in [-0.05, 0) is 30.2 Å². The molecule has 6 bridgehead atoms. The molecule has 7 aliphatic rings. The lowest BCUT2D eigenvalue weighted by Gasteiger charge is -2.47. The zero-order valence-electron chi connectivity index (χ0n) is 18.3. The van der Waals surface area contributed by atoms with Crippen LogP contribution in [0.25, 0.3) is 0 Å². The number of methoxy groups -OCH3 is 1. The van der Waals surface area contributed by atoms with Crippen LogP contribution < -0.4 is 0 Å². The monoisotopic (exact) mass is 550 g/mol. The van der Waals surface area contributed by atoms with Crippen molar-refractivity contribution in [1.82, 2.24) is 0 Å². The minimum absolute atomic E-state index is 0.104. The number of ether oxygens (including phenoxy) is 8. The number of alkyl halides is 1. The van der Waals surface area contributed by atoms with Crippen molar-refractivity contribution >= 4 is 33.5 Å². The Morgan fingerprint density at radius 3 is 2.79 bits per heavy atom. The van der Waals surface area contributed by atoms with Crippen LogP contribution in [0.4, 0.5) is 0 Å². The van der Waals surface area contributed by atoms with Gasteiger partial charge in [-0.3, -0.25) is 4.79 Å². The standard InChI is InChI=1S/C22H28BrClO9/c1-10(23)7-11(24)5-6-21-20-22(28-9-27-20)19(33-21)18-17(32-22)16(31-21)15-13(30-18)4-3-12(29-15)8-14(25)26-2/h11-13,15-20H,1,3-9H2,2H3/t11-,12-,13+,15+,16+,17+,18?,19-,20+,21-,22?/m1/s1. The van der Waals surface area contributed by atoms with E-state index in [1.165, 1.54) is 7.11 Å². The van der Waals surface area contributed by atoms with Gasteiger partial charge in [0.25, 0.3) is 0 Å². The third-order valence-corrected chi connectivity index (χ3v) is 8.32. The molecule has 0 aromatic carbocycles. The molecule has 2 unspecified atom stereocenters. The molecular weight excluding hydrogens is 524 g/mol. The first-order valence-electron chi connectivity index (χ1n) is 11.5. The molecule has 9 nitrogen and oxygen atoms in total. The van der Waals surface area contributed by atoms with Crippen molar-refractivity contribution in [1.29, 1.82) is 0 Å². The van der Waals surface area contributed by atoms with E-state index in [1.54, 1.807) is 0 Å². The molecule has 0 radical (unpaired) electrons. The predicted octanol–water partition coefficient (Wildman–Crippen LogP) is 2.51. The molecule has 0 N–H and O–H groups in total. The number of hydrogen-bond donors (Lipinski definition) is 0. The number of carbonyl (C=O) groups excluding carboxylic acids is 1. The van der Waals surface area contributed by atoms with E-state index in [0.717, 1.165) is 10.9 Å². The molecule has 0 aromatic heterocycles. The first-order valence-corrected chi connectivity index (χ1v) is 12.7. The molecular formula is C22H28BrClO9. The Balaban J connectivity index is 1.28. The number of halogens is 2. The van der Waals surface area contributed by atoms with Crippen LogP contribution in [0.15, 0.2) is 11.1 Å². The number of allylic oxidation sites excluding steroid dienone is 1. The molecule has 0 amide bonds. The van der Waals surface area contributed by atoms with E-state index in [9.17, 15) is 4.79 Å². The maximum atomic E-state index is 11.8. The van der Waals surface area contributed by atoms with Crippen molar-refractivity contribution in [3.8, 4) is 0 Å². The summed E-state index contributed by atoms with van der Waals surface area (Å²) in [6.45, 7) is 3.99. The second-order valence-electron chi connectivity index (χ2n) is 9.62. The number of carbonyl (C=O) groups is 1. The molecule has 11 heteroatoms. The Labute approximate surface area is 205 Å². The molecule has 7 rings (SSSR count). The lowest BCUT2D eigenvalue weighted by Crippen LogP contribution is -2.62. The average molecular weight is 552 g/mol. The van der Waals surface area contributed by atoms with E-state index < -0.39 is 42.1 Å². The summed E-state index contributed by atoms with van der Waals surface area (Å²) in [7, 11) is 1.38. The van der Waals surface area contributed by atoms with Gasteiger partial charge in [-0.2, -0.15) is 0 Å². The van der Waals surface area contributed by atoms with E-state index in [4.69, 9.17) is 49.5 Å². The number of fused-ring (bicyclic) bond motifs is 1. The number of rotatable bonds is 7. The van der Waals surface area contributed by atoms with Gasteiger partial charge in [-0.15, -0.1) is 11.6 Å². The molecule has 1 spiro atoms. The molecule has 0 saturated carbocycles. The van der Waals surface area contributed by atoms with Crippen LogP contribution in [-0.4, -0.2) is 85.7 Å². The molecule has 0 aromatic rings. The molecule has 0 aliphatic carbocycles. The van der Waals surface area contributed by atoms with Crippen LogP contribution in [0.5, 0.6) is 0 Å². The summed E-state index contributed by atoms with van der Waals surface area (Å²) >= 11 is 9.94. The lowest BCUT2D eigenvalue weighted by molar-refractivity contribution is -0.319. The molecule has 7 saturated heterocycles. The van der Waals surface area contributed by atoms with Crippen LogP contribution in [-0.2, 0) is 42.7 Å². The topological polar surface area (TPSA) is 90.9 Å². The van der Waals surface area contributed by atoms with Crippen LogP contribution >= 0.6 is 27.5 Å². The van der Waals surface area contributed by atoms with E-state index in [0.29, 0.717) is 25.7 Å². The fourth-order valence-corrected chi connectivity index (χ4v) is 7.13. The zero-order valence-corrected chi connectivity index (χ0v) is 20.6. The summed E-state index contributed by atoms with van der Waals surface area (Å²) in [4.78, 5) is 11.8. The molecule has 7 aliphatic heterocycles. The van der Waals surface area contributed by atoms with Gasteiger partial charge < -0.3 is 37.9 Å². The van der Waals surface area contributed by atoms with Gasteiger partial charge in [0, 0.05) is 11.8 Å². The average Bonchev–Trinajstić information content (AvgIpc) is 3.35. The Kier molecular flexibility index (Phi) is 5.87. The van der Waals surface area contributed by atoms with Crippen LogP contribution in [0.2, 0.25) is 0 Å². The molecule has 7 fully saturated rings. The Morgan fingerprint density at radius 1 is 1.18 bits per heavy atom. The molecule has 11 atom stereocenters. The first-order chi connectivity index (χ1) is 15.8. The van der Waals surface area contributed by atoms with Gasteiger partial charge in [-0.1, -0.05) is 22.5 Å². The summed E-state index contributed by atoms with van der Waals surface area (Å²) in [5.74, 6) is -2.46. The highest BCUT2D eigenvalue weighted by Gasteiger charge is 2.82. The number of hydrogen-bond acceptors (Lipinski definition) is 9. The van der Waals surface area contributed by atoms with Crippen LogP contribution in [0.1, 0.15) is 38.5 Å². The van der Waals surface area contributed by atoms with Gasteiger partial charge >= 0.3 is 5.97 Å². The first kappa shape index (κ1) is 23.1. The van der Waals surface area contributed by atoms with Crippen molar-refractivity contribution in [3.05, 3.63) is 11.1 Å². The van der Waals surface area contributed by atoms with Crippen molar-refractivity contribution in [2.75, 3.05) is 13.9 Å². The van der Waals surface area contributed by atoms with Gasteiger partial charge in [0.05, 0.1) is 25.7 Å². The van der Waals surface area contributed by atoms with E-state index >= 15 is 0 Å². The minimum Gasteiger partial charge on any atom is -0.469 e. The number of esters is 1. The van der Waals surface area contributed by atoms with E-state index in [-0.39, 0.29) is 42.9 Å². The van der Waals surface area contributed by atoms with Gasteiger partial charge in [-0.25, -0.2) is 0 Å². The predicted molar refractivity (Wildman–Crippen MR) is 116 cm³/mol. The Hall–Kier alpha value is -0.300. The second kappa shape index (κ2) is 8.38. The maximum Gasteiger partial charge on any atom is 0.308 e. The smallest absolute Gasteiger partial charge is 0.308 e. The normalized spacial score (nSPS) is 49.9. The highest BCUT2D eigenvalue weighted by molar-refractivity contribution is 9.11. The third kappa shape index (κ3) is 3.55. The quantitative estimate of drug-likeness (QED) is 0.350. The van der Waals surface area contributed by atoms with Crippen molar-refractivity contribution in [2.24, 2.45) is 0 Å². The van der Waals surface area contributed by atoms with Crippen LogP contribution in [0, 0.1) is 0 Å². The second-order valence-corrected chi connectivity index (χ2v) is 11.4. The largest absolute Gasteiger partial charge is 0.469 e. The van der Waals surface area contributed by atoms with Crippen molar-refractivity contribution in [2.45, 2.75) is 104 Å². The molecule has 184 valence electrons. The Morgan fingerprint density at radius 2 is 2.00 bits per heavy atom. The van der Waals surface area contributed by atoms with Crippen molar-refractivity contribution < 1.29 is 42.7 Å². The fraction of sp³-hybridized carbons (Fsp3) is 0.864. The molecule has 7 heterocycles. The maximum absolute atomic E-state index is 11.8. The summed E-state index contributed by atoms with van der Waals surface area (Å²) in [5, 5.41) is -0.145. The van der Waals surface area contributed by atoms with Gasteiger partial charge in [0.15, 0.2) is 12.9 Å². The van der Waals surface area contributed by atoms with E-state index in [1.807, 2.05) is 0 Å². The highest BCUT2D eigenvalue weighted by Crippen LogP contribution is 2.61. The molecule has 33 heavy (non-hydrogen) atoms. The van der Waals surface area contributed by atoms with Gasteiger partial charge in [0.1, 0.15) is 30.5 Å².